The molecule has 0 saturated carbocycles. The molecule has 1 nitrogen and oxygen atoms in total. The van der Waals surface area contributed by atoms with Gasteiger partial charge in [0, 0.05) is 12.7 Å². The van der Waals surface area contributed by atoms with Gasteiger partial charge in [-0.25, -0.2) is 0 Å². The van der Waals surface area contributed by atoms with Gasteiger partial charge in [0.15, 0.2) is 0 Å². The van der Waals surface area contributed by atoms with E-state index in [2.05, 4.69) is 6.58 Å². The van der Waals surface area contributed by atoms with Crippen molar-refractivity contribution in [3.8, 4) is 0 Å². The molecule has 58 valence electrons. The lowest BCUT2D eigenvalue weighted by atomic mass is 10.4. The lowest BCUT2D eigenvalue weighted by Gasteiger charge is -2.25. The minimum absolute atomic E-state index is 0.465. The summed E-state index contributed by atoms with van der Waals surface area (Å²) in [5, 5.41) is 0. The highest BCUT2D eigenvalue weighted by Crippen LogP contribution is 2.26. The maximum atomic E-state index is 13.4. The topological polar surface area (TPSA) is 9.23 Å². The Bertz CT molecular complexity index is 121. The number of halogens is 1. The summed E-state index contributed by atoms with van der Waals surface area (Å²) < 4.78 is 18.5. The van der Waals surface area contributed by atoms with E-state index >= 15 is 0 Å². The van der Waals surface area contributed by atoms with Crippen LogP contribution < -0.4 is 0 Å². The molecule has 0 N–H and O–H groups in total. The number of allylic oxidation sites excluding steroid dienone is 1. The molecular formula is C7H13FOSi. The van der Waals surface area contributed by atoms with Crippen molar-refractivity contribution in [3.05, 3.63) is 12.7 Å². The van der Waals surface area contributed by atoms with Crippen LogP contribution in [0.1, 0.15) is 12.8 Å². The molecule has 3 heteroatoms. The molecule has 1 aliphatic rings. The molecule has 0 radical (unpaired) electrons. The van der Waals surface area contributed by atoms with Crippen LogP contribution in [0.4, 0.5) is 4.11 Å². The molecule has 1 heterocycles. The molecule has 0 spiro atoms. The van der Waals surface area contributed by atoms with Crippen LogP contribution in [0.15, 0.2) is 12.7 Å². The van der Waals surface area contributed by atoms with Gasteiger partial charge in [-0.05, 0) is 18.9 Å². The maximum absolute atomic E-state index is 13.4. The van der Waals surface area contributed by atoms with Gasteiger partial charge in [-0.3, -0.25) is 4.11 Å². The van der Waals surface area contributed by atoms with Gasteiger partial charge in [-0.1, -0.05) is 6.08 Å². The van der Waals surface area contributed by atoms with Gasteiger partial charge in [-0.15, -0.1) is 6.58 Å². The molecule has 1 unspecified atom stereocenters. The average Bonchev–Trinajstić information content (AvgIpc) is 1.89. The zero-order chi connectivity index (χ0) is 7.45. The number of hydrogen-bond donors (Lipinski definition) is 0. The van der Waals surface area contributed by atoms with Crippen molar-refractivity contribution >= 4 is 8.65 Å². The highest BCUT2D eigenvalue weighted by molar-refractivity contribution is 6.67. The summed E-state index contributed by atoms with van der Waals surface area (Å²) in [5.41, 5.74) is 0. The third-order valence-electron chi connectivity index (χ3n) is 1.75. The van der Waals surface area contributed by atoms with Crippen molar-refractivity contribution in [3.63, 3.8) is 0 Å². The largest absolute Gasteiger partial charge is 0.391 e. The third-order valence-corrected chi connectivity index (χ3v) is 4.47. The van der Waals surface area contributed by atoms with Crippen molar-refractivity contribution in [2.75, 3.05) is 6.61 Å². The highest BCUT2D eigenvalue weighted by atomic mass is 28.4. The Morgan fingerprint density at radius 1 is 1.60 bits per heavy atom. The Labute approximate surface area is 62.2 Å². The van der Waals surface area contributed by atoms with E-state index in [1.54, 1.807) is 6.08 Å². The van der Waals surface area contributed by atoms with Crippen LogP contribution in [0.5, 0.6) is 0 Å². The summed E-state index contributed by atoms with van der Waals surface area (Å²) in [5.74, 6) is 0. The van der Waals surface area contributed by atoms with Crippen LogP contribution >= 0.6 is 0 Å². The normalized spacial score (nSPS) is 33.7. The molecule has 1 rings (SSSR count). The van der Waals surface area contributed by atoms with E-state index in [0.717, 1.165) is 12.8 Å². The van der Waals surface area contributed by atoms with Gasteiger partial charge >= 0.3 is 8.65 Å². The first-order valence-electron chi connectivity index (χ1n) is 3.71. The molecule has 0 aromatic rings. The van der Waals surface area contributed by atoms with Crippen LogP contribution in [0.2, 0.25) is 12.1 Å². The minimum atomic E-state index is -2.75. The molecule has 0 aromatic carbocycles. The van der Waals surface area contributed by atoms with E-state index in [9.17, 15) is 4.11 Å². The molecule has 0 aliphatic carbocycles. The van der Waals surface area contributed by atoms with Crippen LogP contribution in [0, 0.1) is 0 Å². The second-order valence-corrected chi connectivity index (χ2v) is 5.64. The van der Waals surface area contributed by atoms with E-state index in [1.807, 2.05) is 0 Å². The van der Waals surface area contributed by atoms with Gasteiger partial charge < -0.3 is 4.43 Å². The van der Waals surface area contributed by atoms with Crippen LogP contribution in [0.25, 0.3) is 0 Å². The number of rotatable bonds is 2. The summed E-state index contributed by atoms with van der Waals surface area (Å²) in [4.78, 5) is 0. The smallest absolute Gasteiger partial charge is 0.387 e. The zero-order valence-corrected chi connectivity index (χ0v) is 7.11. The molecule has 0 aromatic heterocycles. The van der Waals surface area contributed by atoms with Crippen molar-refractivity contribution in [2.45, 2.75) is 24.9 Å². The molecule has 10 heavy (non-hydrogen) atoms. The monoisotopic (exact) mass is 160 g/mol. The van der Waals surface area contributed by atoms with E-state index in [0.29, 0.717) is 18.7 Å². The van der Waals surface area contributed by atoms with Gasteiger partial charge in [-0.2, -0.15) is 0 Å². The lowest BCUT2D eigenvalue weighted by Crippen LogP contribution is -2.35. The predicted molar refractivity (Wildman–Crippen MR) is 41.9 cm³/mol. The molecule has 1 atom stereocenters. The van der Waals surface area contributed by atoms with Gasteiger partial charge in [0.1, 0.15) is 0 Å². The van der Waals surface area contributed by atoms with Gasteiger partial charge in [0.05, 0.1) is 0 Å². The Hall–Kier alpha value is -0.153. The molecule has 1 fully saturated rings. The summed E-state index contributed by atoms with van der Waals surface area (Å²) >= 11 is 0. The van der Waals surface area contributed by atoms with E-state index in [4.69, 9.17) is 4.43 Å². The lowest BCUT2D eigenvalue weighted by molar-refractivity contribution is 0.235. The van der Waals surface area contributed by atoms with E-state index < -0.39 is 8.65 Å². The standard InChI is InChI=1S/C7H13FOSi/c1-2-6-10(8)7-4-3-5-9-10/h2H,1,3-7H2. The fourth-order valence-electron chi connectivity index (χ4n) is 1.19. The molecule has 0 amide bonds. The second kappa shape index (κ2) is 3.30. The van der Waals surface area contributed by atoms with Crippen LogP contribution in [-0.2, 0) is 4.43 Å². The predicted octanol–water partition coefficient (Wildman–Crippen LogP) is 2.39. The zero-order valence-electron chi connectivity index (χ0n) is 6.11. The van der Waals surface area contributed by atoms with Gasteiger partial charge in [0.25, 0.3) is 0 Å². The van der Waals surface area contributed by atoms with Crippen molar-refractivity contribution < 1.29 is 8.53 Å². The first-order valence-corrected chi connectivity index (χ1v) is 5.91. The minimum Gasteiger partial charge on any atom is -0.391 e. The van der Waals surface area contributed by atoms with Crippen LogP contribution in [-0.4, -0.2) is 15.3 Å². The van der Waals surface area contributed by atoms with E-state index in [1.165, 1.54) is 0 Å². The summed E-state index contributed by atoms with van der Waals surface area (Å²) in [6.07, 6.45) is 3.66. The quantitative estimate of drug-likeness (QED) is 0.342. The highest BCUT2D eigenvalue weighted by Gasteiger charge is 2.36. The van der Waals surface area contributed by atoms with Crippen LogP contribution in [0.3, 0.4) is 0 Å². The fourth-order valence-corrected chi connectivity index (χ4v) is 3.38. The SMILES string of the molecule is C=CC[Si]1(F)CCCCO1. The Morgan fingerprint density at radius 2 is 2.40 bits per heavy atom. The Balaban J connectivity index is 2.39. The maximum Gasteiger partial charge on any atom is 0.387 e. The van der Waals surface area contributed by atoms with Crippen molar-refractivity contribution in [1.29, 1.82) is 0 Å². The average molecular weight is 160 g/mol. The Kier molecular flexibility index (Phi) is 2.62. The molecule has 1 aliphatic heterocycles. The molecule has 1 saturated heterocycles. The van der Waals surface area contributed by atoms with Gasteiger partial charge in [0.2, 0.25) is 0 Å². The van der Waals surface area contributed by atoms with Crippen molar-refractivity contribution in [1.82, 2.24) is 0 Å². The summed E-state index contributed by atoms with van der Waals surface area (Å²) in [6, 6.07) is 1.13. The first-order chi connectivity index (χ1) is 4.77. The first kappa shape index (κ1) is 7.95. The Morgan fingerprint density at radius 3 is 2.90 bits per heavy atom. The third kappa shape index (κ3) is 1.92. The fraction of sp³-hybridized carbons (Fsp3) is 0.714. The van der Waals surface area contributed by atoms with E-state index in [-0.39, 0.29) is 0 Å². The summed E-state index contributed by atoms with van der Waals surface area (Å²) in [7, 11) is -2.75. The number of hydrogen-bond acceptors (Lipinski definition) is 1. The van der Waals surface area contributed by atoms with Crippen molar-refractivity contribution in [2.24, 2.45) is 0 Å². The second-order valence-electron chi connectivity index (χ2n) is 2.68. The molecular weight excluding hydrogens is 147 g/mol. The summed E-state index contributed by atoms with van der Waals surface area (Å²) in [6.45, 7) is 4.14. The molecule has 0 bridgehead atoms.